The highest BCUT2D eigenvalue weighted by molar-refractivity contribution is 7.11. The molecule has 1 spiro atoms. The number of carbonyl (C=O) groups is 1. The van der Waals surface area contributed by atoms with Crippen LogP contribution in [-0.2, 0) is 24.1 Å². The van der Waals surface area contributed by atoms with E-state index in [0.717, 1.165) is 86.5 Å². The van der Waals surface area contributed by atoms with E-state index >= 15 is 0 Å². The summed E-state index contributed by atoms with van der Waals surface area (Å²) < 4.78 is 0. The first-order chi connectivity index (χ1) is 17.5. The fourth-order valence-electron chi connectivity index (χ4n) is 6.19. The number of likely N-dealkylation sites (tertiary alicyclic amines) is 1. The van der Waals surface area contributed by atoms with E-state index in [1.54, 1.807) is 11.3 Å². The van der Waals surface area contributed by atoms with Gasteiger partial charge in [-0.2, -0.15) is 4.98 Å². The van der Waals surface area contributed by atoms with Gasteiger partial charge in [-0.15, -0.1) is 21.5 Å². The second kappa shape index (κ2) is 9.97. The van der Waals surface area contributed by atoms with E-state index in [4.69, 9.17) is 9.97 Å². The molecule has 1 atom stereocenters. The fraction of sp³-hybridized carbons (Fsp3) is 0.679. The van der Waals surface area contributed by atoms with Crippen LogP contribution in [0.4, 0.5) is 11.8 Å². The molecule has 0 saturated carbocycles. The molecule has 9 heteroatoms. The van der Waals surface area contributed by atoms with Gasteiger partial charge in [0, 0.05) is 49.6 Å². The monoisotopic (exact) mass is 523 g/mol. The molecule has 0 bridgehead atoms. The second-order valence-corrected chi connectivity index (χ2v) is 13.9. The molecule has 1 unspecified atom stereocenters. The van der Waals surface area contributed by atoms with Gasteiger partial charge in [-0.25, -0.2) is 4.98 Å². The first-order valence-corrected chi connectivity index (χ1v) is 14.5. The van der Waals surface area contributed by atoms with Crippen molar-refractivity contribution in [2.24, 2.45) is 16.7 Å². The summed E-state index contributed by atoms with van der Waals surface area (Å²) in [5.41, 5.74) is 2.87. The Labute approximate surface area is 225 Å². The second-order valence-electron chi connectivity index (χ2n) is 12.6. The summed E-state index contributed by atoms with van der Waals surface area (Å²) in [4.78, 5) is 26.6. The zero-order chi connectivity index (χ0) is 26.4. The van der Waals surface area contributed by atoms with Crippen LogP contribution in [0, 0.1) is 23.7 Å². The third-order valence-corrected chi connectivity index (χ3v) is 8.99. The molecule has 8 nitrogen and oxygen atoms in total. The predicted octanol–water partition coefficient (Wildman–Crippen LogP) is 4.45. The van der Waals surface area contributed by atoms with Crippen LogP contribution in [0.5, 0.6) is 0 Å². The molecule has 2 aromatic heterocycles. The third kappa shape index (κ3) is 5.66. The fourth-order valence-corrected chi connectivity index (χ4v) is 6.98. The van der Waals surface area contributed by atoms with Gasteiger partial charge in [-0.3, -0.25) is 4.79 Å². The lowest BCUT2D eigenvalue weighted by Crippen LogP contribution is -2.59. The molecule has 2 aromatic rings. The number of hydrogen-bond acceptors (Lipinski definition) is 8. The van der Waals surface area contributed by atoms with Crippen LogP contribution < -0.4 is 10.2 Å². The predicted molar refractivity (Wildman–Crippen MR) is 149 cm³/mol. The molecule has 0 radical (unpaired) electrons. The molecule has 2 fully saturated rings. The Morgan fingerprint density at radius 3 is 2.65 bits per heavy atom. The van der Waals surface area contributed by atoms with Crippen LogP contribution in [0.15, 0.2) is 12.7 Å². The molecule has 1 aliphatic carbocycles. The van der Waals surface area contributed by atoms with Crippen molar-refractivity contribution in [1.82, 2.24) is 25.1 Å². The summed E-state index contributed by atoms with van der Waals surface area (Å²) in [6, 6.07) is 0.240. The van der Waals surface area contributed by atoms with E-state index in [-0.39, 0.29) is 22.8 Å². The standard InChI is InChI=1S/C28H41N7OS/c1-7-24(36)35-16-28(17-35)10-11-34(15-28)26-30-22-14-27(5,6)9-8-21(22)25(31-26)29-20(12-18(2)3)13-23-33-32-19(4)37-23/h7,18,20H,1,8-17H2,2-6H3,(H,29,30,31). The maximum absolute atomic E-state index is 12.0. The topological polar surface area (TPSA) is 87.1 Å². The molecule has 2 aliphatic heterocycles. The van der Waals surface area contributed by atoms with Crippen LogP contribution in [0.3, 0.4) is 0 Å². The maximum atomic E-state index is 12.0. The minimum atomic E-state index is 0.0321. The molecule has 5 rings (SSSR count). The van der Waals surface area contributed by atoms with Crippen LogP contribution in [0.25, 0.3) is 0 Å². The number of fused-ring (bicyclic) bond motifs is 1. The summed E-state index contributed by atoms with van der Waals surface area (Å²) in [7, 11) is 0. The minimum Gasteiger partial charge on any atom is -0.367 e. The molecule has 2 saturated heterocycles. The number of nitrogens with one attached hydrogen (secondary N) is 1. The van der Waals surface area contributed by atoms with Gasteiger partial charge in [0.05, 0.1) is 5.69 Å². The van der Waals surface area contributed by atoms with E-state index in [1.165, 1.54) is 17.3 Å². The average Bonchev–Trinajstić information content (AvgIpc) is 3.42. The number of rotatable bonds is 8. The van der Waals surface area contributed by atoms with Crippen LogP contribution >= 0.6 is 11.3 Å². The van der Waals surface area contributed by atoms with E-state index < -0.39 is 0 Å². The van der Waals surface area contributed by atoms with Crippen molar-refractivity contribution in [2.45, 2.75) is 79.2 Å². The highest BCUT2D eigenvalue weighted by atomic mass is 32.1. The molecule has 1 N–H and O–H groups in total. The number of aryl methyl sites for hydroxylation is 1. The SMILES string of the molecule is C=CC(=O)N1CC2(CCN(c3nc4c(c(NC(Cc5nnc(C)s5)CC(C)C)n3)CCC(C)(C)C4)C2)C1. The summed E-state index contributed by atoms with van der Waals surface area (Å²) in [6.07, 6.45) is 7.48. The number of anilines is 2. The summed E-state index contributed by atoms with van der Waals surface area (Å²) in [5.74, 6) is 2.42. The van der Waals surface area contributed by atoms with Crippen LogP contribution in [0.1, 0.15) is 68.2 Å². The molecule has 3 aliphatic rings. The Kier molecular flexibility index (Phi) is 7.02. The lowest BCUT2D eigenvalue weighted by molar-refractivity contribution is -0.136. The molecule has 1 amide bonds. The van der Waals surface area contributed by atoms with Crippen molar-refractivity contribution in [3.63, 3.8) is 0 Å². The highest BCUT2D eigenvalue weighted by Crippen LogP contribution is 2.42. The van der Waals surface area contributed by atoms with E-state index in [1.807, 2.05) is 11.8 Å². The lowest BCUT2D eigenvalue weighted by Gasteiger charge is -2.47. The van der Waals surface area contributed by atoms with E-state index in [0.29, 0.717) is 5.92 Å². The first kappa shape index (κ1) is 26.1. The zero-order valence-electron chi connectivity index (χ0n) is 23.0. The van der Waals surface area contributed by atoms with Gasteiger partial charge < -0.3 is 15.1 Å². The Bertz CT molecular complexity index is 1170. The van der Waals surface area contributed by atoms with Gasteiger partial charge in [0.2, 0.25) is 11.9 Å². The average molecular weight is 524 g/mol. The summed E-state index contributed by atoms with van der Waals surface area (Å²) in [5, 5.41) is 14.6. The first-order valence-electron chi connectivity index (χ1n) is 13.7. The van der Waals surface area contributed by atoms with Crippen molar-refractivity contribution < 1.29 is 4.79 Å². The smallest absolute Gasteiger partial charge is 0.245 e. The zero-order valence-corrected chi connectivity index (χ0v) is 23.8. The quantitative estimate of drug-likeness (QED) is 0.512. The van der Waals surface area contributed by atoms with Crippen molar-refractivity contribution in [1.29, 1.82) is 0 Å². The summed E-state index contributed by atoms with van der Waals surface area (Å²) >= 11 is 1.68. The Balaban J connectivity index is 1.41. The molecule has 0 aromatic carbocycles. The Hall–Kier alpha value is -2.55. The lowest BCUT2D eigenvalue weighted by atomic mass is 9.76. The summed E-state index contributed by atoms with van der Waals surface area (Å²) in [6.45, 7) is 18.3. The molecule has 4 heterocycles. The number of nitrogens with zero attached hydrogens (tertiary/aromatic N) is 6. The van der Waals surface area contributed by atoms with Gasteiger partial charge in [-0.05, 0) is 56.4 Å². The number of hydrogen-bond donors (Lipinski definition) is 1. The molecule has 37 heavy (non-hydrogen) atoms. The third-order valence-electron chi connectivity index (χ3n) is 8.12. The van der Waals surface area contributed by atoms with Crippen molar-refractivity contribution in [2.75, 3.05) is 36.4 Å². The van der Waals surface area contributed by atoms with Gasteiger partial charge in [0.25, 0.3) is 0 Å². The number of aromatic nitrogens is 4. The van der Waals surface area contributed by atoms with E-state index in [2.05, 4.69) is 54.7 Å². The largest absolute Gasteiger partial charge is 0.367 e. The van der Waals surface area contributed by atoms with Crippen molar-refractivity contribution >= 4 is 29.0 Å². The van der Waals surface area contributed by atoms with Crippen molar-refractivity contribution in [3.8, 4) is 0 Å². The van der Waals surface area contributed by atoms with Gasteiger partial charge >= 0.3 is 0 Å². The normalized spacial score (nSPS) is 20.6. The van der Waals surface area contributed by atoms with Gasteiger partial charge in [0.15, 0.2) is 0 Å². The molecular formula is C28H41N7OS. The van der Waals surface area contributed by atoms with Gasteiger partial charge in [-0.1, -0.05) is 34.3 Å². The molecular weight excluding hydrogens is 482 g/mol. The van der Waals surface area contributed by atoms with E-state index in [9.17, 15) is 4.79 Å². The number of carbonyl (C=O) groups excluding carboxylic acids is 1. The number of amides is 1. The minimum absolute atomic E-state index is 0.0321. The van der Waals surface area contributed by atoms with Crippen LogP contribution in [-0.4, -0.2) is 63.2 Å². The van der Waals surface area contributed by atoms with Crippen LogP contribution in [0.2, 0.25) is 0 Å². The highest BCUT2D eigenvalue weighted by Gasteiger charge is 2.49. The van der Waals surface area contributed by atoms with Gasteiger partial charge in [0.1, 0.15) is 15.8 Å². The molecule has 200 valence electrons. The Morgan fingerprint density at radius 2 is 1.97 bits per heavy atom. The van der Waals surface area contributed by atoms with Crippen molar-refractivity contribution in [3.05, 3.63) is 33.9 Å². The maximum Gasteiger partial charge on any atom is 0.245 e. The Morgan fingerprint density at radius 1 is 1.19 bits per heavy atom.